The molecule has 0 amide bonds. The fourth-order valence-corrected chi connectivity index (χ4v) is 3.61. The number of terminal acetylenes is 1. The van der Waals surface area contributed by atoms with E-state index in [0.717, 1.165) is 43.6 Å². The minimum Gasteiger partial charge on any atom is -0.493 e. The van der Waals surface area contributed by atoms with Gasteiger partial charge in [0.15, 0.2) is 11.5 Å². The van der Waals surface area contributed by atoms with E-state index in [0.29, 0.717) is 11.5 Å². The minimum absolute atomic E-state index is 0.222. The first kappa shape index (κ1) is 19.3. The summed E-state index contributed by atoms with van der Waals surface area (Å²) in [4.78, 5) is 2.36. The quantitative estimate of drug-likeness (QED) is 0.796. The maximum absolute atomic E-state index is 11.1. The number of likely N-dealkylation sites (tertiary alicyclic amines) is 1. The van der Waals surface area contributed by atoms with Crippen LogP contribution < -0.4 is 9.47 Å². The maximum Gasteiger partial charge on any atom is 0.162 e. The molecule has 1 saturated heterocycles. The molecular weight excluding hydrogens is 338 g/mol. The molecule has 4 heteroatoms. The van der Waals surface area contributed by atoms with Gasteiger partial charge in [0.05, 0.1) is 12.7 Å². The van der Waals surface area contributed by atoms with Gasteiger partial charge in [-0.15, -0.1) is 6.42 Å². The molecule has 1 fully saturated rings. The van der Waals surface area contributed by atoms with Crippen molar-refractivity contribution in [3.05, 3.63) is 59.2 Å². The molecule has 1 heterocycles. The van der Waals surface area contributed by atoms with E-state index >= 15 is 0 Å². The normalized spacial score (nSPS) is 16.5. The second kappa shape index (κ2) is 8.47. The standard InChI is InChI=1S/C23H27NO3/c1-4-14-27-21-9-8-19(16-22(21)26-3)17-24-12-10-23(25,11-13-24)20-7-5-6-18(2)15-20/h1,5-9,15-16,25H,10-14,17H2,2-3H3. The van der Waals surface area contributed by atoms with Crippen molar-refractivity contribution in [3.8, 4) is 23.8 Å². The zero-order valence-corrected chi connectivity index (χ0v) is 16.1. The Kier molecular flexibility index (Phi) is 6.05. The van der Waals surface area contributed by atoms with Crippen LogP contribution in [0, 0.1) is 19.3 Å². The molecule has 3 rings (SSSR count). The first-order valence-corrected chi connectivity index (χ1v) is 9.29. The molecule has 0 spiro atoms. The third-order valence-electron chi connectivity index (χ3n) is 5.18. The zero-order chi connectivity index (χ0) is 19.3. The molecule has 1 aliphatic heterocycles. The van der Waals surface area contributed by atoms with Crippen LogP contribution in [0.1, 0.15) is 29.5 Å². The number of methoxy groups -OCH3 is 1. The molecule has 1 N–H and O–H groups in total. The first-order chi connectivity index (χ1) is 13.0. The summed E-state index contributed by atoms with van der Waals surface area (Å²) in [6, 6.07) is 14.1. The van der Waals surface area contributed by atoms with Gasteiger partial charge in [-0.2, -0.15) is 0 Å². The predicted octanol–water partition coefficient (Wildman–Crippen LogP) is 3.50. The Morgan fingerprint density at radius 3 is 2.59 bits per heavy atom. The van der Waals surface area contributed by atoms with Crippen LogP contribution in [0.5, 0.6) is 11.5 Å². The highest BCUT2D eigenvalue weighted by molar-refractivity contribution is 5.43. The lowest BCUT2D eigenvalue weighted by molar-refractivity contribution is -0.0277. The summed E-state index contributed by atoms with van der Waals surface area (Å²) in [7, 11) is 1.63. The van der Waals surface area contributed by atoms with Gasteiger partial charge < -0.3 is 14.6 Å². The molecular formula is C23H27NO3. The van der Waals surface area contributed by atoms with Crippen LogP contribution >= 0.6 is 0 Å². The zero-order valence-electron chi connectivity index (χ0n) is 16.1. The summed E-state index contributed by atoms with van der Waals surface area (Å²) in [6.45, 7) is 4.80. The van der Waals surface area contributed by atoms with Crippen molar-refractivity contribution in [2.45, 2.75) is 31.9 Å². The number of piperidine rings is 1. The Bertz CT molecular complexity index is 817. The van der Waals surface area contributed by atoms with E-state index in [1.165, 1.54) is 5.56 Å². The second-order valence-electron chi connectivity index (χ2n) is 7.16. The van der Waals surface area contributed by atoms with Gasteiger partial charge in [-0.1, -0.05) is 41.8 Å². The predicted molar refractivity (Wildman–Crippen MR) is 107 cm³/mol. The van der Waals surface area contributed by atoms with Gasteiger partial charge in [0.1, 0.15) is 6.61 Å². The van der Waals surface area contributed by atoms with Crippen LogP contribution in [0.25, 0.3) is 0 Å². The van der Waals surface area contributed by atoms with Crippen molar-refractivity contribution in [3.63, 3.8) is 0 Å². The molecule has 0 aliphatic carbocycles. The molecule has 0 aromatic heterocycles. The van der Waals surface area contributed by atoms with Crippen molar-refractivity contribution in [2.24, 2.45) is 0 Å². The Balaban J connectivity index is 1.63. The number of aliphatic hydroxyl groups is 1. The lowest BCUT2D eigenvalue weighted by Gasteiger charge is -2.38. The van der Waals surface area contributed by atoms with Crippen LogP contribution in [-0.4, -0.2) is 36.8 Å². The average Bonchev–Trinajstić information content (AvgIpc) is 2.69. The fraction of sp³-hybridized carbons (Fsp3) is 0.391. The summed E-state index contributed by atoms with van der Waals surface area (Å²) in [5.41, 5.74) is 2.63. The molecule has 0 bridgehead atoms. The van der Waals surface area contributed by atoms with Gasteiger partial charge in [-0.05, 0) is 43.0 Å². The van der Waals surface area contributed by atoms with E-state index in [1.807, 2.05) is 30.3 Å². The fourth-order valence-electron chi connectivity index (χ4n) is 3.61. The van der Waals surface area contributed by atoms with Crippen molar-refractivity contribution < 1.29 is 14.6 Å². The maximum atomic E-state index is 11.1. The molecule has 0 atom stereocenters. The summed E-state index contributed by atoms with van der Waals surface area (Å²) in [5.74, 6) is 3.81. The van der Waals surface area contributed by atoms with Crippen molar-refractivity contribution in [1.29, 1.82) is 0 Å². The van der Waals surface area contributed by atoms with E-state index < -0.39 is 5.60 Å². The smallest absolute Gasteiger partial charge is 0.162 e. The number of benzene rings is 2. The summed E-state index contributed by atoms with van der Waals surface area (Å²) >= 11 is 0. The SMILES string of the molecule is C#CCOc1ccc(CN2CCC(O)(c3cccc(C)c3)CC2)cc1OC. The highest BCUT2D eigenvalue weighted by Crippen LogP contribution is 2.34. The lowest BCUT2D eigenvalue weighted by Crippen LogP contribution is -2.42. The van der Waals surface area contributed by atoms with Crippen molar-refractivity contribution >= 4 is 0 Å². The number of rotatable bonds is 6. The highest BCUT2D eigenvalue weighted by atomic mass is 16.5. The summed E-state index contributed by atoms with van der Waals surface area (Å²) < 4.78 is 10.9. The Hall–Kier alpha value is -2.48. The Morgan fingerprint density at radius 2 is 1.93 bits per heavy atom. The van der Waals surface area contributed by atoms with E-state index in [9.17, 15) is 5.11 Å². The summed E-state index contributed by atoms with van der Waals surface area (Å²) in [5, 5.41) is 11.1. The van der Waals surface area contributed by atoms with Gasteiger partial charge in [0.2, 0.25) is 0 Å². The summed E-state index contributed by atoms with van der Waals surface area (Å²) in [6.07, 6.45) is 6.72. The van der Waals surface area contributed by atoms with Gasteiger partial charge >= 0.3 is 0 Å². The Morgan fingerprint density at radius 1 is 1.15 bits per heavy atom. The molecule has 1 aliphatic rings. The van der Waals surface area contributed by atoms with Crippen LogP contribution in [0.2, 0.25) is 0 Å². The van der Waals surface area contributed by atoms with Crippen LogP contribution in [0.15, 0.2) is 42.5 Å². The van der Waals surface area contributed by atoms with E-state index in [2.05, 4.69) is 29.9 Å². The van der Waals surface area contributed by atoms with Crippen molar-refractivity contribution in [1.82, 2.24) is 4.90 Å². The highest BCUT2D eigenvalue weighted by Gasteiger charge is 2.33. The third kappa shape index (κ3) is 4.63. The van der Waals surface area contributed by atoms with Gasteiger partial charge in [0.25, 0.3) is 0 Å². The number of hydrogen-bond acceptors (Lipinski definition) is 4. The number of aryl methyl sites for hydroxylation is 1. The molecule has 2 aromatic carbocycles. The third-order valence-corrected chi connectivity index (χ3v) is 5.18. The number of ether oxygens (including phenoxy) is 2. The van der Waals surface area contributed by atoms with Gasteiger partial charge in [0, 0.05) is 19.6 Å². The molecule has 4 nitrogen and oxygen atoms in total. The molecule has 0 saturated carbocycles. The molecule has 0 radical (unpaired) electrons. The average molecular weight is 365 g/mol. The van der Waals surface area contributed by atoms with E-state index in [4.69, 9.17) is 15.9 Å². The largest absolute Gasteiger partial charge is 0.493 e. The molecule has 27 heavy (non-hydrogen) atoms. The molecule has 2 aromatic rings. The Labute approximate surface area is 161 Å². The lowest BCUT2D eigenvalue weighted by atomic mass is 9.84. The molecule has 142 valence electrons. The van der Waals surface area contributed by atoms with Crippen LogP contribution in [0.3, 0.4) is 0 Å². The topological polar surface area (TPSA) is 41.9 Å². The van der Waals surface area contributed by atoms with E-state index in [1.54, 1.807) is 7.11 Å². The van der Waals surface area contributed by atoms with E-state index in [-0.39, 0.29) is 6.61 Å². The van der Waals surface area contributed by atoms with Crippen LogP contribution in [-0.2, 0) is 12.1 Å². The first-order valence-electron chi connectivity index (χ1n) is 9.29. The van der Waals surface area contributed by atoms with Crippen molar-refractivity contribution in [2.75, 3.05) is 26.8 Å². The monoisotopic (exact) mass is 365 g/mol. The molecule has 0 unspecified atom stereocenters. The minimum atomic E-state index is -0.729. The van der Waals surface area contributed by atoms with Gasteiger partial charge in [-0.25, -0.2) is 0 Å². The van der Waals surface area contributed by atoms with Gasteiger partial charge in [-0.3, -0.25) is 4.90 Å². The number of hydrogen-bond donors (Lipinski definition) is 1. The number of nitrogens with zero attached hydrogens (tertiary/aromatic N) is 1. The second-order valence-corrected chi connectivity index (χ2v) is 7.16. The van der Waals surface area contributed by atoms with Crippen LogP contribution in [0.4, 0.5) is 0 Å².